The first kappa shape index (κ1) is 40.5. The second-order valence-electron chi connectivity index (χ2n) is 14.3. The second-order valence-corrected chi connectivity index (χ2v) is 14.3. The maximum Gasteiger partial charge on any atom is 0.164 e. The predicted molar refractivity (Wildman–Crippen MR) is 257 cm³/mol. The molecule has 3 heterocycles. The average molecular weight is 802 g/mol. The van der Waals surface area contributed by atoms with Crippen LogP contribution in [-0.2, 0) is 0 Å². The molecule has 8 rings (SSSR count). The molecule has 0 radical (unpaired) electrons. The van der Waals surface area contributed by atoms with E-state index < -0.39 is 0 Å². The molecule has 62 heavy (non-hydrogen) atoms. The van der Waals surface area contributed by atoms with Gasteiger partial charge in [-0.3, -0.25) is 20.0 Å². The van der Waals surface area contributed by atoms with Crippen molar-refractivity contribution in [3.8, 4) is 78.9 Å². The van der Waals surface area contributed by atoms with Gasteiger partial charge in [-0.25, -0.2) is 15.0 Å². The van der Waals surface area contributed by atoms with Gasteiger partial charge in [0, 0.05) is 57.5 Å². The van der Waals surface area contributed by atoms with Crippen LogP contribution in [0.25, 0.3) is 84.6 Å². The first-order valence-electron chi connectivity index (χ1n) is 20.3. The average Bonchev–Trinajstić information content (AvgIpc) is 3.35. The van der Waals surface area contributed by atoms with Gasteiger partial charge in [-0.2, -0.15) is 0 Å². The van der Waals surface area contributed by atoms with Crippen LogP contribution in [0.15, 0.2) is 217 Å². The molecule has 0 aliphatic carbocycles. The first-order valence-corrected chi connectivity index (χ1v) is 20.3. The monoisotopic (exact) mass is 801 g/mol. The molecule has 0 N–H and O–H groups in total. The predicted octanol–water partition coefficient (Wildman–Crippen LogP) is 13.5. The van der Waals surface area contributed by atoms with Crippen LogP contribution in [0.5, 0.6) is 0 Å². The third-order valence-corrected chi connectivity index (χ3v) is 10.1. The van der Waals surface area contributed by atoms with Gasteiger partial charge in [-0.05, 0) is 134 Å². The van der Waals surface area contributed by atoms with Gasteiger partial charge in [0.2, 0.25) is 0 Å². The van der Waals surface area contributed by atoms with Gasteiger partial charge in [0.15, 0.2) is 17.5 Å². The van der Waals surface area contributed by atoms with E-state index in [0.717, 1.165) is 84.0 Å². The number of aromatic nitrogens is 5. The number of allylic oxidation sites excluding steroid dienone is 5. The van der Waals surface area contributed by atoms with Crippen LogP contribution >= 0.6 is 0 Å². The van der Waals surface area contributed by atoms with Gasteiger partial charge in [0.1, 0.15) is 0 Å². The Kier molecular flexibility index (Phi) is 12.5. The molecule has 3 aromatic heterocycles. The summed E-state index contributed by atoms with van der Waals surface area (Å²) < 4.78 is 0. The Morgan fingerprint density at radius 2 is 0.952 bits per heavy atom. The smallest absolute Gasteiger partial charge is 0.164 e. The lowest BCUT2D eigenvalue weighted by molar-refractivity contribution is 1.07. The van der Waals surface area contributed by atoms with Crippen molar-refractivity contribution in [2.75, 3.05) is 0 Å². The Morgan fingerprint density at radius 1 is 0.484 bits per heavy atom. The summed E-state index contributed by atoms with van der Waals surface area (Å²) >= 11 is 0. The summed E-state index contributed by atoms with van der Waals surface area (Å²) in [6.07, 6.45) is 14.9. The van der Waals surface area contributed by atoms with Crippen LogP contribution in [0, 0.1) is 0 Å². The van der Waals surface area contributed by atoms with Crippen molar-refractivity contribution in [3.63, 3.8) is 0 Å². The summed E-state index contributed by atoms with van der Waals surface area (Å²) in [4.78, 5) is 34.0. The molecule has 7 heteroatoms. The fourth-order valence-corrected chi connectivity index (χ4v) is 7.10. The van der Waals surface area contributed by atoms with Crippen LogP contribution in [0.2, 0.25) is 0 Å². The highest BCUT2D eigenvalue weighted by Gasteiger charge is 2.18. The Morgan fingerprint density at radius 3 is 1.44 bits per heavy atom. The summed E-state index contributed by atoms with van der Waals surface area (Å²) in [5, 5.41) is 0. The van der Waals surface area contributed by atoms with Gasteiger partial charge in [0.05, 0.1) is 22.8 Å². The molecular formula is C55H43N7. The molecule has 8 aromatic rings. The number of benzene rings is 5. The Bertz CT molecular complexity index is 2680. The van der Waals surface area contributed by atoms with Crippen LogP contribution in [0.3, 0.4) is 0 Å². The van der Waals surface area contributed by atoms with Gasteiger partial charge in [-0.1, -0.05) is 97.6 Å². The van der Waals surface area contributed by atoms with Crippen molar-refractivity contribution in [2.45, 2.75) is 13.8 Å². The van der Waals surface area contributed by atoms with Crippen molar-refractivity contribution in [2.24, 2.45) is 9.98 Å². The maximum atomic E-state index is 5.16. The molecule has 0 fully saturated rings. The summed E-state index contributed by atoms with van der Waals surface area (Å²) in [6, 6.07) is 51.3. The fourth-order valence-electron chi connectivity index (χ4n) is 7.10. The SMILES string of the molecule is C=C/C(=N\C=C/C)c1cc(/C(=C/C=C\C)N=C)cc(-c2cc(-c3cc(-c4ccccn4)cc(-c4ccccn4)c3)cc(-c3nc(-c4ccccc4)nc(-c4ccccc4)n3)c2)c1. The normalized spacial score (nSPS) is 11.9. The van der Waals surface area contributed by atoms with E-state index in [1.54, 1.807) is 12.3 Å². The van der Waals surface area contributed by atoms with Crippen LogP contribution < -0.4 is 0 Å². The molecule has 5 aromatic carbocycles. The van der Waals surface area contributed by atoms with Crippen molar-refractivity contribution in [1.29, 1.82) is 0 Å². The highest BCUT2D eigenvalue weighted by Crippen LogP contribution is 2.38. The molecule has 0 saturated heterocycles. The van der Waals surface area contributed by atoms with Crippen LogP contribution in [0.4, 0.5) is 0 Å². The maximum absolute atomic E-state index is 5.16. The van der Waals surface area contributed by atoms with Crippen LogP contribution in [-0.4, -0.2) is 37.3 Å². The van der Waals surface area contributed by atoms with E-state index >= 15 is 0 Å². The summed E-state index contributed by atoms with van der Waals surface area (Å²) in [6.45, 7) is 12.0. The van der Waals surface area contributed by atoms with Gasteiger partial charge >= 0.3 is 0 Å². The van der Waals surface area contributed by atoms with Crippen molar-refractivity contribution in [3.05, 3.63) is 218 Å². The first-order chi connectivity index (χ1) is 30.5. The van der Waals surface area contributed by atoms with Crippen LogP contribution in [0.1, 0.15) is 25.0 Å². The topological polar surface area (TPSA) is 89.2 Å². The Labute approximate surface area is 362 Å². The number of nitrogens with zero attached hydrogens (tertiary/aromatic N) is 7. The zero-order valence-corrected chi connectivity index (χ0v) is 34.6. The minimum Gasteiger partial charge on any atom is -0.264 e. The summed E-state index contributed by atoms with van der Waals surface area (Å²) in [7, 11) is 0. The highest BCUT2D eigenvalue weighted by atomic mass is 15.0. The van der Waals surface area contributed by atoms with E-state index in [0.29, 0.717) is 17.5 Å². The summed E-state index contributed by atoms with van der Waals surface area (Å²) in [5.74, 6) is 1.68. The molecule has 0 saturated carbocycles. The van der Waals surface area contributed by atoms with Gasteiger partial charge in [-0.15, -0.1) is 0 Å². The standard InChI is InChI=1S/C55H43N7/c1-5-8-23-50(56-4)45-31-42(30-44(36-45)49(7-3)57-26-6-2)40-29-41(43-32-46(51-24-15-17-27-58-51)37-47(33-43)52-25-16-18-28-59-52)35-48(34-40)55-61-53(38-19-11-9-12-20-38)60-54(62-55)39-21-13-10-14-22-39/h5-37H,3-4H2,1-2H3/b8-5-,26-6-,50-23-,57-49+. The molecule has 298 valence electrons. The van der Waals surface area contributed by atoms with Crippen molar-refractivity contribution < 1.29 is 0 Å². The molecule has 0 bridgehead atoms. The minimum absolute atomic E-state index is 0.533. The largest absolute Gasteiger partial charge is 0.264 e. The number of rotatable bonds is 13. The van der Waals surface area contributed by atoms with E-state index in [9.17, 15) is 0 Å². The molecular weight excluding hydrogens is 759 g/mol. The van der Waals surface area contributed by atoms with E-state index in [-0.39, 0.29) is 0 Å². The minimum atomic E-state index is 0.533. The number of hydrogen-bond acceptors (Lipinski definition) is 7. The third-order valence-electron chi connectivity index (χ3n) is 10.1. The van der Waals surface area contributed by atoms with Gasteiger partial charge in [0.25, 0.3) is 0 Å². The molecule has 0 atom stereocenters. The molecule has 0 spiro atoms. The van der Waals surface area contributed by atoms with Crippen molar-refractivity contribution in [1.82, 2.24) is 24.9 Å². The zero-order valence-electron chi connectivity index (χ0n) is 34.6. The molecule has 0 amide bonds. The lowest BCUT2D eigenvalue weighted by Gasteiger charge is -2.16. The van der Waals surface area contributed by atoms with E-state index in [1.165, 1.54) is 0 Å². The van der Waals surface area contributed by atoms with E-state index in [2.05, 4.69) is 72.9 Å². The summed E-state index contributed by atoms with van der Waals surface area (Å²) in [5.41, 5.74) is 13.2. The lowest BCUT2D eigenvalue weighted by Crippen LogP contribution is -2.01. The highest BCUT2D eigenvalue weighted by molar-refractivity contribution is 6.10. The lowest BCUT2D eigenvalue weighted by atomic mass is 9.90. The molecule has 7 nitrogen and oxygen atoms in total. The van der Waals surface area contributed by atoms with E-state index in [1.807, 2.05) is 148 Å². The molecule has 0 aliphatic rings. The molecule has 0 aliphatic heterocycles. The number of pyridine rings is 2. The number of hydrogen-bond donors (Lipinski definition) is 0. The second kappa shape index (κ2) is 19.2. The Hall–Kier alpha value is -8.29. The molecule has 0 unspecified atom stereocenters. The number of aliphatic imine (C=N–C) groups is 2. The third kappa shape index (κ3) is 9.28. The van der Waals surface area contributed by atoms with Gasteiger partial charge < -0.3 is 0 Å². The Balaban J connectivity index is 1.44. The van der Waals surface area contributed by atoms with E-state index in [4.69, 9.17) is 29.9 Å². The van der Waals surface area contributed by atoms with Crippen molar-refractivity contribution >= 4 is 18.1 Å². The fraction of sp³-hybridized carbons (Fsp3) is 0.0364. The quantitative estimate of drug-likeness (QED) is 0.0855. The zero-order chi connectivity index (χ0) is 42.7.